The summed E-state index contributed by atoms with van der Waals surface area (Å²) in [6, 6.07) is 75.2. The van der Waals surface area contributed by atoms with Gasteiger partial charge in [0.1, 0.15) is 0 Å². The zero-order chi connectivity index (χ0) is 39.3. The van der Waals surface area contributed by atoms with Crippen LogP contribution in [-0.4, -0.2) is 0 Å². The number of para-hydroxylation sites is 1. The number of benzene rings is 9. The van der Waals surface area contributed by atoms with Crippen LogP contribution >= 0.6 is 0 Å². The number of anilines is 3. The monoisotopic (exact) mass is 753 g/mol. The average molecular weight is 754 g/mol. The van der Waals surface area contributed by atoms with E-state index in [1.165, 1.54) is 94.3 Å². The van der Waals surface area contributed by atoms with Crippen molar-refractivity contribution < 1.29 is 0 Å². The summed E-state index contributed by atoms with van der Waals surface area (Å²) in [5.74, 6) is 0. The van der Waals surface area contributed by atoms with E-state index < -0.39 is 0 Å². The van der Waals surface area contributed by atoms with Crippen LogP contribution in [0.4, 0.5) is 17.1 Å². The van der Waals surface area contributed by atoms with Gasteiger partial charge in [0.25, 0.3) is 0 Å². The molecule has 3 aliphatic rings. The first-order valence-corrected chi connectivity index (χ1v) is 21.1. The minimum Gasteiger partial charge on any atom is -0.310 e. The average Bonchev–Trinajstić information content (AvgIpc) is 3.90. The van der Waals surface area contributed by atoms with Crippen LogP contribution in [0, 0.1) is 0 Å². The van der Waals surface area contributed by atoms with E-state index in [0.717, 1.165) is 24.2 Å². The summed E-state index contributed by atoms with van der Waals surface area (Å²) >= 11 is 0. The molecule has 12 rings (SSSR count). The van der Waals surface area contributed by atoms with Gasteiger partial charge in [-0.05, 0) is 126 Å². The van der Waals surface area contributed by atoms with Crippen LogP contribution in [0.1, 0.15) is 53.6 Å². The fourth-order valence-electron chi connectivity index (χ4n) is 11.4. The Balaban J connectivity index is 1.11. The lowest BCUT2D eigenvalue weighted by atomic mass is 9.73. The van der Waals surface area contributed by atoms with Crippen LogP contribution in [0.5, 0.6) is 0 Å². The first-order chi connectivity index (χ1) is 29.0. The number of nitrogens with zero attached hydrogens (tertiary/aromatic N) is 1. The number of fused-ring (bicyclic) bond motifs is 11. The molecule has 0 amide bonds. The molecular weight excluding hydrogens is 711 g/mol. The van der Waals surface area contributed by atoms with Crippen molar-refractivity contribution in [2.24, 2.45) is 0 Å². The van der Waals surface area contributed by atoms with Gasteiger partial charge >= 0.3 is 0 Å². The largest absolute Gasteiger partial charge is 0.310 e. The highest BCUT2D eigenvalue weighted by Crippen LogP contribution is 2.60. The maximum absolute atomic E-state index is 2.54. The minimum absolute atomic E-state index is 0.156. The highest BCUT2D eigenvalue weighted by Gasteiger charge is 2.48. The molecule has 1 nitrogen and oxygen atoms in total. The molecule has 0 bridgehead atoms. The lowest BCUT2D eigenvalue weighted by Gasteiger charge is -2.32. The van der Waals surface area contributed by atoms with Gasteiger partial charge in [-0.2, -0.15) is 0 Å². The molecular formula is C58H43N. The first-order valence-electron chi connectivity index (χ1n) is 21.1. The molecule has 1 unspecified atom stereocenters. The summed E-state index contributed by atoms with van der Waals surface area (Å²) in [6.07, 6.45) is 2.14. The summed E-state index contributed by atoms with van der Waals surface area (Å²) in [5, 5.41) is 2.51. The van der Waals surface area contributed by atoms with Crippen LogP contribution in [0.15, 0.2) is 200 Å². The third-order valence-corrected chi connectivity index (χ3v) is 13.9. The van der Waals surface area contributed by atoms with Gasteiger partial charge in [0.05, 0.1) is 5.69 Å². The van der Waals surface area contributed by atoms with E-state index in [-0.39, 0.29) is 10.8 Å². The first kappa shape index (κ1) is 34.1. The Labute approximate surface area is 346 Å². The number of rotatable bonds is 5. The molecule has 0 heterocycles. The van der Waals surface area contributed by atoms with Gasteiger partial charge < -0.3 is 4.90 Å². The SMILES string of the molecule is CC1(C)c2ccccc2-c2cccc(-c3ccccc3N(c3cccc(-c4cccc5ccccc45)c3)c3ccc4c(c3)C3(CCc5ccccc53)c3ccccc3-4)c21. The topological polar surface area (TPSA) is 3.24 Å². The van der Waals surface area contributed by atoms with Gasteiger partial charge in [0.15, 0.2) is 0 Å². The predicted octanol–water partition coefficient (Wildman–Crippen LogP) is 15.2. The second-order valence-electron chi connectivity index (χ2n) is 17.2. The fraction of sp³-hybridized carbons (Fsp3) is 0.103. The van der Waals surface area contributed by atoms with Crippen LogP contribution in [-0.2, 0) is 17.3 Å². The van der Waals surface area contributed by atoms with E-state index in [4.69, 9.17) is 0 Å². The molecule has 0 fully saturated rings. The molecule has 3 aliphatic carbocycles. The second-order valence-corrected chi connectivity index (χ2v) is 17.2. The van der Waals surface area contributed by atoms with Crippen LogP contribution < -0.4 is 4.90 Å². The molecule has 9 aromatic carbocycles. The minimum atomic E-state index is -0.190. The quantitative estimate of drug-likeness (QED) is 0.169. The molecule has 0 N–H and O–H groups in total. The highest BCUT2D eigenvalue weighted by atomic mass is 15.1. The van der Waals surface area contributed by atoms with Crippen molar-refractivity contribution in [3.8, 4) is 44.5 Å². The van der Waals surface area contributed by atoms with Crippen molar-refractivity contribution in [2.75, 3.05) is 4.90 Å². The van der Waals surface area contributed by atoms with Gasteiger partial charge in [-0.1, -0.05) is 184 Å². The summed E-state index contributed by atoms with van der Waals surface area (Å²) in [6.45, 7) is 4.79. The standard InChI is InChI=1S/C58H43N/c1-57(2)52-29-10-6-23-46(52)49-26-15-27-50(56(49)57)48-24-8-12-31-55(48)59(41-20-13-19-40(36-41)44-25-14-18-38-16-3-5-21-43(38)44)42-32-33-47-45-22-7-11-30-53(45)58(54(47)37-42)35-34-39-17-4-9-28-51(39)58/h3-33,36-37H,34-35H2,1-2H3. The molecule has 0 aliphatic heterocycles. The Hall–Kier alpha value is -6.96. The maximum atomic E-state index is 2.54. The summed E-state index contributed by atoms with van der Waals surface area (Å²) in [5.41, 5.74) is 22.0. The van der Waals surface area contributed by atoms with E-state index in [0.29, 0.717) is 0 Å². The third-order valence-electron chi connectivity index (χ3n) is 13.9. The molecule has 280 valence electrons. The van der Waals surface area contributed by atoms with E-state index >= 15 is 0 Å². The van der Waals surface area contributed by atoms with E-state index in [9.17, 15) is 0 Å². The number of hydrogen-bond donors (Lipinski definition) is 0. The lowest BCUT2D eigenvalue weighted by molar-refractivity contribution is 0.626. The maximum Gasteiger partial charge on any atom is 0.0540 e. The Bertz CT molecular complexity index is 3160. The fourth-order valence-corrected chi connectivity index (χ4v) is 11.4. The molecule has 1 atom stereocenters. The summed E-state index contributed by atoms with van der Waals surface area (Å²) in [7, 11) is 0. The van der Waals surface area contributed by atoms with Crippen LogP contribution in [0.2, 0.25) is 0 Å². The second kappa shape index (κ2) is 12.8. The van der Waals surface area contributed by atoms with Crippen molar-refractivity contribution in [1.29, 1.82) is 0 Å². The Morgan fingerprint density at radius 2 is 0.983 bits per heavy atom. The van der Waals surface area contributed by atoms with E-state index in [1.807, 2.05) is 0 Å². The van der Waals surface area contributed by atoms with Crippen molar-refractivity contribution >= 4 is 27.8 Å². The molecule has 1 heteroatoms. The van der Waals surface area contributed by atoms with Gasteiger partial charge in [-0.15, -0.1) is 0 Å². The van der Waals surface area contributed by atoms with Crippen molar-refractivity contribution in [3.63, 3.8) is 0 Å². The highest BCUT2D eigenvalue weighted by molar-refractivity contribution is 5.99. The lowest BCUT2D eigenvalue weighted by Crippen LogP contribution is -2.24. The molecule has 0 aromatic heterocycles. The molecule has 59 heavy (non-hydrogen) atoms. The molecule has 0 saturated carbocycles. The van der Waals surface area contributed by atoms with Gasteiger partial charge in [0, 0.05) is 27.8 Å². The molecule has 9 aromatic rings. The van der Waals surface area contributed by atoms with Crippen LogP contribution in [0.25, 0.3) is 55.3 Å². The Morgan fingerprint density at radius 1 is 0.407 bits per heavy atom. The zero-order valence-electron chi connectivity index (χ0n) is 33.4. The van der Waals surface area contributed by atoms with E-state index in [1.54, 1.807) is 0 Å². The zero-order valence-corrected chi connectivity index (χ0v) is 33.4. The van der Waals surface area contributed by atoms with Crippen molar-refractivity contribution in [2.45, 2.75) is 37.5 Å². The molecule has 0 saturated heterocycles. The van der Waals surface area contributed by atoms with Crippen molar-refractivity contribution in [1.82, 2.24) is 0 Å². The molecule has 0 radical (unpaired) electrons. The van der Waals surface area contributed by atoms with Gasteiger partial charge in [-0.3, -0.25) is 0 Å². The predicted molar refractivity (Wildman–Crippen MR) is 247 cm³/mol. The van der Waals surface area contributed by atoms with Crippen molar-refractivity contribution in [3.05, 3.63) is 234 Å². The van der Waals surface area contributed by atoms with E-state index in [2.05, 4.69) is 219 Å². The Kier molecular flexibility index (Phi) is 7.38. The Morgan fingerprint density at radius 3 is 1.85 bits per heavy atom. The van der Waals surface area contributed by atoms with Gasteiger partial charge in [-0.25, -0.2) is 0 Å². The summed E-state index contributed by atoms with van der Waals surface area (Å²) in [4.78, 5) is 2.54. The van der Waals surface area contributed by atoms with Crippen LogP contribution in [0.3, 0.4) is 0 Å². The number of hydrogen-bond acceptors (Lipinski definition) is 1. The smallest absolute Gasteiger partial charge is 0.0540 e. The number of aryl methyl sites for hydroxylation is 1. The van der Waals surface area contributed by atoms with Gasteiger partial charge in [0.2, 0.25) is 0 Å². The molecule has 1 spiro atoms. The normalized spacial score (nSPS) is 16.4. The summed E-state index contributed by atoms with van der Waals surface area (Å²) < 4.78 is 0. The third kappa shape index (κ3) is 4.85.